The van der Waals surface area contributed by atoms with Crippen molar-refractivity contribution in [3.8, 4) is 45.6 Å². The van der Waals surface area contributed by atoms with Crippen molar-refractivity contribution in [1.82, 2.24) is 0 Å². The zero-order chi connectivity index (χ0) is 36.7. The van der Waals surface area contributed by atoms with E-state index in [0.717, 1.165) is 85.1 Å². The minimum atomic E-state index is -1.92. The van der Waals surface area contributed by atoms with Gasteiger partial charge in [0.05, 0.1) is 0 Å². The second kappa shape index (κ2) is 17.0. The molecule has 2 aliphatic rings. The van der Waals surface area contributed by atoms with Crippen molar-refractivity contribution in [2.45, 2.75) is 65.2 Å². The maximum absolute atomic E-state index is 7.09. The fourth-order valence-electron chi connectivity index (χ4n) is 7.36. The maximum atomic E-state index is 7.09. The average Bonchev–Trinajstić information content (AvgIpc) is 3.20. The Morgan fingerprint density at radius 3 is 0.981 bits per heavy atom. The molecule has 2 aliphatic carbocycles. The topological polar surface area (TPSA) is 55.4 Å². The highest BCUT2D eigenvalue weighted by molar-refractivity contribution is 7.43. The lowest BCUT2D eigenvalue weighted by atomic mass is 9.78. The number of para-hydroxylation sites is 4. The molecule has 0 saturated carbocycles. The van der Waals surface area contributed by atoms with Crippen molar-refractivity contribution in [2.75, 3.05) is 0 Å². The van der Waals surface area contributed by atoms with E-state index in [1.165, 1.54) is 22.3 Å². The standard InChI is InChI=1S/C46H44O6P2/c1-33-31-35-19-15-17-29-41(35)43(45(33)51-53(47-37-21-7-3-8-22-37)48-38-23-9-4-10-24-38)44-42-30-18-16-20-36(42)32-34(2)46(44)52-54(49-39-25-11-5-12-26-39)50-40-27-13-6-14-28-40/h3-14,21-28,31-32H,15-20,29-30H2,1-2H3. The largest absolute Gasteiger partial charge is 0.530 e. The molecular weight excluding hydrogens is 710 g/mol. The predicted molar refractivity (Wildman–Crippen MR) is 218 cm³/mol. The third kappa shape index (κ3) is 8.36. The van der Waals surface area contributed by atoms with Crippen LogP contribution in [0, 0.1) is 13.8 Å². The predicted octanol–water partition coefficient (Wildman–Crippen LogP) is 13.3. The van der Waals surface area contributed by atoms with E-state index < -0.39 is 17.2 Å². The molecular formula is C46H44O6P2. The van der Waals surface area contributed by atoms with Crippen LogP contribution in [-0.4, -0.2) is 0 Å². The van der Waals surface area contributed by atoms with Crippen LogP contribution in [0.2, 0.25) is 0 Å². The molecule has 0 aromatic heterocycles. The molecule has 0 saturated heterocycles. The van der Waals surface area contributed by atoms with Crippen molar-refractivity contribution in [3.63, 3.8) is 0 Å². The Morgan fingerprint density at radius 2 is 0.667 bits per heavy atom. The van der Waals surface area contributed by atoms with Gasteiger partial charge in [-0.3, -0.25) is 0 Å². The molecule has 6 aromatic rings. The second-order valence-corrected chi connectivity index (χ2v) is 15.7. The zero-order valence-electron chi connectivity index (χ0n) is 30.7. The fraction of sp³-hybridized carbons (Fsp3) is 0.217. The molecule has 0 N–H and O–H groups in total. The third-order valence-corrected chi connectivity index (χ3v) is 12.0. The van der Waals surface area contributed by atoms with Crippen molar-refractivity contribution in [3.05, 3.63) is 167 Å². The number of rotatable bonds is 13. The van der Waals surface area contributed by atoms with Crippen LogP contribution in [0.4, 0.5) is 0 Å². The van der Waals surface area contributed by atoms with Crippen molar-refractivity contribution in [2.24, 2.45) is 0 Å². The summed E-state index contributed by atoms with van der Waals surface area (Å²) in [5.41, 5.74) is 9.53. The van der Waals surface area contributed by atoms with Gasteiger partial charge in [0.15, 0.2) is 0 Å². The molecule has 0 amide bonds. The van der Waals surface area contributed by atoms with Gasteiger partial charge in [0.2, 0.25) is 0 Å². The molecule has 6 nitrogen and oxygen atoms in total. The maximum Gasteiger partial charge on any atom is 0.530 e. The lowest BCUT2D eigenvalue weighted by Crippen LogP contribution is -2.14. The first-order valence-corrected chi connectivity index (χ1v) is 21.0. The molecule has 0 fully saturated rings. The molecule has 0 heterocycles. The quantitative estimate of drug-likeness (QED) is 0.109. The van der Waals surface area contributed by atoms with Gasteiger partial charge >= 0.3 is 17.2 Å². The van der Waals surface area contributed by atoms with Gasteiger partial charge in [-0.15, -0.1) is 0 Å². The van der Waals surface area contributed by atoms with E-state index in [9.17, 15) is 0 Å². The van der Waals surface area contributed by atoms with Crippen LogP contribution in [-0.2, 0) is 25.7 Å². The molecule has 8 heteroatoms. The van der Waals surface area contributed by atoms with Gasteiger partial charge in [-0.05, 0) is 147 Å². The monoisotopic (exact) mass is 754 g/mol. The summed E-state index contributed by atoms with van der Waals surface area (Å²) in [7, 11) is -3.85. The Balaban J connectivity index is 1.29. The summed E-state index contributed by atoms with van der Waals surface area (Å²) < 4.78 is 40.3. The smallest absolute Gasteiger partial charge is 0.409 e. The summed E-state index contributed by atoms with van der Waals surface area (Å²) in [6.45, 7) is 4.28. The molecule has 0 bridgehead atoms. The van der Waals surface area contributed by atoms with Gasteiger partial charge in [-0.2, -0.15) is 0 Å². The summed E-state index contributed by atoms with van der Waals surface area (Å²) in [6, 6.07) is 43.6. The number of hydrogen-bond donors (Lipinski definition) is 0. The Hall–Kier alpha value is -5.02. The van der Waals surface area contributed by atoms with Gasteiger partial charge in [-0.25, -0.2) is 0 Å². The van der Waals surface area contributed by atoms with Gasteiger partial charge in [0.1, 0.15) is 34.5 Å². The second-order valence-electron chi connectivity index (χ2n) is 13.7. The highest BCUT2D eigenvalue weighted by Gasteiger charge is 2.33. The van der Waals surface area contributed by atoms with Crippen LogP contribution in [0.15, 0.2) is 133 Å². The molecule has 0 atom stereocenters. The van der Waals surface area contributed by atoms with Crippen LogP contribution in [0.3, 0.4) is 0 Å². The van der Waals surface area contributed by atoms with Crippen LogP contribution in [0.5, 0.6) is 34.5 Å². The first-order chi connectivity index (χ1) is 26.6. The lowest BCUT2D eigenvalue weighted by molar-refractivity contribution is 0.384. The van der Waals surface area contributed by atoms with Crippen molar-refractivity contribution < 1.29 is 27.1 Å². The van der Waals surface area contributed by atoms with Gasteiger partial charge in [-0.1, -0.05) is 84.9 Å². The van der Waals surface area contributed by atoms with Gasteiger partial charge in [0.25, 0.3) is 0 Å². The molecule has 0 unspecified atom stereocenters. The molecule has 0 aliphatic heterocycles. The zero-order valence-corrected chi connectivity index (χ0v) is 32.5. The van der Waals surface area contributed by atoms with E-state index >= 15 is 0 Å². The molecule has 54 heavy (non-hydrogen) atoms. The van der Waals surface area contributed by atoms with Gasteiger partial charge < -0.3 is 27.1 Å². The molecule has 274 valence electrons. The number of aryl methyl sites for hydroxylation is 4. The highest BCUT2D eigenvalue weighted by Crippen LogP contribution is 2.55. The highest BCUT2D eigenvalue weighted by atomic mass is 31.2. The van der Waals surface area contributed by atoms with Crippen molar-refractivity contribution >= 4 is 17.2 Å². The number of fused-ring (bicyclic) bond motifs is 2. The first-order valence-electron chi connectivity index (χ1n) is 18.8. The van der Waals surface area contributed by atoms with E-state index in [2.05, 4.69) is 26.0 Å². The Bertz CT molecular complexity index is 1920. The van der Waals surface area contributed by atoms with E-state index in [1.807, 2.05) is 121 Å². The minimum absolute atomic E-state index is 0.676. The van der Waals surface area contributed by atoms with Gasteiger partial charge in [0, 0.05) is 11.1 Å². The van der Waals surface area contributed by atoms with Crippen LogP contribution >= 0.6 is 17.2 Å². The van der Waals surface area contributed by atoms with Crippen molar-refractivity contribution in [1.29, 1.82) is 0 Å². The molecule has 0 spiro atoms. The van der Waals surface area contributed by atoms with Crippen LogP contribution in [0.1, 0.15) is 59.1 Å². The van der Waals surface area contributed by atoms with E-state index in [-0.39, 0.29) is 0 Å². The number of benzene rings is 6. The van der Waals surface area contributed by atoms with Crippen LogP contribution in [0.25, 0.3) is 11.1 Å². The SMILES string of the molecule is Cc1cc2c(c(-c3c4c(cc(C)c3OP(Oc3ccccc3)Oc3ccccc3)CCCC4)c1OP(Oc1ccccc1)Oc1ccccc1)CCCC2. The van der Waals surface area contributed by atoms with E-state index in [0.29, 0.717) is 23.0 Å². The minimum Gasteiger partial charge on any atom is -0.409 e. The third-order valence-electron chi connectivity index (χ3n) is 9.85. The summed E-state index contributed by atoms with van der Waals surface area (Å²) in [5.74, 6) is 4.22. The summed E-state index contributed by atoms with van der Waals surface area (Å²) in [5, 5.41) is 0. The molecule has 6 aromatic carbocycles. The summed E-state index contributed by atoms with van der Waals surface area (Å²) >= 11 is 0. The Kier molecular flexibility index (Phi) is 11.3. The summed E-state index contributed by atoms with van der Waals surface area (Å²) in [6.07, 6.45) is 8.43. The molecule has 8 rings (SSSR count). The average molecular weight is 755 g/mol. The Morgan fingerprint density at radius 1 is 0.370 bits per heavy atom. The Labute approximate surface area is 321 Å². The number of hydrogen-bond acceptors (Lipinski definition) is 6. The normalized spacial score (nSPS) is 13.5. The first kappa shape index (κ1) is 36.0. The molecule has 0 radical (unpaired) electrons. The summed E-state index contributed by atoms with van der Waals surface area (Å²) in [4.78, 5) is 0. The van der Waals surface area contributed by atoms with E-state index in [1.54, 1.807) is 0 Å². The van der Waals surface area contributed by atoms with Crippen LogP contribution < -0.4 is 27.1 Å². The lowest BCUT2D eigenvalue weighted by Gasteiger charge is -2.31. The fourth-order valence-corrected chi connectivity index (χ4v) is 9.53. The van der Waals surface area contributed by atoms with E-state index in [4.69, 9.17) is 27.1 Å².